The number of nitrogens with two attached hydrogens (primary N) is 1. The van der Waals surface area contributed by atoms with Crippen LogP contribution in [0.1, 0.15) is 12.8 Å². The van der Waals surface area contributed by atoms with Gasteiger partial charge in [-0.1, -0.05) is 0 Å². The molecule has 8 heteroatoms. The van der Waals surface area contributed by atoms with Crippen LogP contribution < -0.4 is 15.2 Å². The summed E-state index contributed by atoms with van der Waals surface area (Å²) in [4.78, 5) is 0.191. The van der Waals surface area contributed by atoms with Gasteiger partial charge in [0.2, 0.25) is 10.0 Å². The monoisotopic (exact) mass is 392 g/mol. The maximum Gasteiger partial charge on any atom is 0.244 e. The average molecular weight is 393 g/mol. The van der Waals surface area contributed by atoms with Crippen LogP contribution in [0.5, 0.6) is 11.5 Å². The summed E-state index contributed by atoms with van der Waals surface area (Å²) in [6.07, 6.45) is 1.58. The SMILES string of the molecule is COc1cc(Br)c(S(=O)(=O)N2CCC(CN)CC2)cc1OC. The number of halogens is 1. The summed E-state index contributed by atoms with van der Waals surface area (Å²) in [7, 11) is -0.581. The third-order valence-corrected chi connectivity index (χ3v) is 6.82. The Bertz CT molecular complexity index is 628. The molecule has 2 N–H and O–H groups in total. The second kappa shape index (κ2) is 7.16. The zero-order chi connectivity index (χ0) is 16.3. The van der Waals surface area contributed by atoms with Gasteiger partial charge in [-0.05, 0) is 47.3 Å². The molecule has 6 nitrogen and oxygen atoms in total. The van der Waals surface area contributed by atoms with Gasteiger partial charge in [-0.2, -0.15) is 4.31 Å². The van der Waals surface area contributed by atoms with Gasteiger partial charge in [-0.15, -0.1) is 0 Å². The molecule has 0 radical (unpaired) electrons. The highest BCUT2D eigenvalue weighted by Crippen LogP contribution is 2.37. The van der Waals surface area contributed by atoms with E-state index in [1.54, 1.807) is 6.07 Å². The maximum absolute atomic E-state index is 12.8. The molecule has 2 rings (SSSR count). The first-order valence-corrected chi connectivity index (χ1v) is 9.29. The van der Waals surface area contributed by atoms with E-state index in [-0.39, 0.29) is 4.90 Å². The maximum atomic E-state index is 12.8. The van der Waals surface area contributed by atoms with Crippen LogP contribution in [-0.4, -0.2) is 46.6 Å². The van der Waals surface area contributed by atoms with Crippen LogP contribution in [0.4, 0.5) is 0 Å². The Morgan fingerprint density at radius 1 is 1.23 bits per heavy atom. The van der Waals surface area contributed by atoms with Crippen LogP contribution >= 0.6 is 15.9 Å². The van der Waals surface area contributed by atoms with Crippen molar-refractivity contribution in [3.05, 3.63) is 16.6 Å². The quantitative estimate of drug-likeness (QED) is 0.826. The van der Waals surface area contributed by atoms with Gasteiger partial charge >= 0.3 is 0 Å². The lowest BCUT2D eigenvalue weighted by molar-refractivity contribution is 0.278. The van der Waals surface area contributed by atoms with Crippen LogP contribution in [0.25, 0.3) is 0 Å². The van der Waals surface area contributed by atoms with E-state index in [4.69, 9.17) is 15.2 Å². The molecular formula is C14H21BrN2O4S. The summed E-state index contributed by atoms with van der Waals surface area (Å²) < 4.78 is 38.0. The molecule has 0 amide bonds. The van der Waals surface area contributed by atoms with Crippen molar-refractivity contribution >= 4 is 26.0 Å². The van der Waals surface area contributed by atoms with Crippen molar-refractivity contribution in [3.8, 4) is 11.5 Å². The van der Waals surface area contributed by atoms with Gasteiger partial charge in [0.15, 0.2) is 11.5 Å². The lowest BCUT2D eigenvalue weighted by atomic mass is 9.99. The van der Waals surface area contributed by atoms with Crippen LogP contribution in [0, 0.1) is 5.92 Å². The number of hydrogen-bond acceptors (Lipinski definition) is 5. The zero-order valence-corrected chi connectivity index (χ0v) is 15.1. The molecule has 0 bridgehead atoms. The lowest BCUT2D eigenvalue weighted by Crippen LogP contribution is -2.40. The molecule has 0 atom stereocenters. The molecule has 124 valence electrons. The standard InChI is InChI=1S/C14H21BrN2O4S/c1-20-12-7-11(15)14(8-13(12)21-2)22(18,19)17-5-3-10(9-16)4-6-17/h7-8,10H,3-6,9,16H2,1-2H3. The normalized spacial score (nSPS) is 17.5. The molecule has 0 unspecified atom stereocenters. The highest BCUT2D eigenvalue weighted by atomic mass is 79.9. The van der Waals surface area contributed by atoms with Gasteiger partial charge in [-0.3, -0.25) is 0 Å². The van der Waals surface area contributed by atoms with E-state index < -0.39 is 10.0 Å². The van der Waals surface area contributed by atoms with Gasteiger partial charge in [0.1, 0.15) is 4.90 Å². The van der Waals surface area contributed by atoms with E-state index >= 15 is 0 Å². The number of benzene rings is 1. The second-order valence-corrected chi connectivity index (χ2v) is 7.98. The van der Waals surface area contributed by atoms with Gasteiger partial charge in [0.05, 0.1) is 14.2 Å². The van der Waals surface area contributed by atoms with Crippen molar-refractivity contribution in [3.63, 3.8) is 0 Å². The van der Waals surface area contributed by atoms with E-state index in [0.29, 0.717) is 41.5 Å². The fraction of sp³-hybridized carbons (Fsp3) is 0.571. The van der Waals surface area contributed by atoms with E-state index in [1.165, 1.54) is 24.6 Å². The Morgan fingerprint density at radius 3 is 2.27 bits per heavy atom. The number of rotatable bonds is 5. The van der Waals surface area contributed by atoms with Gasteiger partial charge < -0.3 is 15.2 Å². The largest absolute Gasteiger partial charge is 0.493 e. The molecule has 1 aliphatic rings. The van der Waals surface area contributed by atoms with Crippen LogP contribution in [0.2, 0.25) is 0 Å². The molecule has 0 aliphatic carbocycles. The number of methoxy groups -OCH3 is 2. The summed E-state index contributed by atoms with van der Waals surface area (Å²) in [5.74, 6) is 1.27. The minimum atomic E-state index is -3.57. The molecule has 1 saturated heterocycles. The average Bonchev–Trinajstić information content (AvgIpc) is 2.54. The number of nitrogens with zero attached hydrogens (tertiary/aromatic N) is 1. The van der Waals surface area contributed by atoms with Crippen LogP contribution in [-0.2, 0) is 10.0 Å². The minimum Gasteiger partial charge on any atom is -0.493 e. The van der Waals surface area contributed by atoms with E-state index in [0.717, 1.165) is 12.8 Å². The smallest absolute Gasteiger partial charge is 0.244 e. The molecular weight excluding hydrogens is 372 g/mol. The molecule has 1 aromatic carbocycles. The fourth-order valence-corrected chi connectivity index (χ4v) is 5.02. The van der Waals surface area contributed by atoms with Gasteiger partial charge in [0, 0.05) is 23.6 Å². The molecule has 1 heterocycles. The summed E-state index contributed by atoms with van der Waals surface area (Å²) in [5, 5.41) is 0. The van der Waals surface area contributed by atoms with Crippen molar-refractivity contribution in [2.45, 2.75) is 17.7 Å². The van der Waals surface area contributed by atoms with Crippen molar-refractivity contribution < 1.29 is 17.9 Å². The Morgan fingerprint density at radius 2 is 1.77 bits per heavy atom. The Balaban J connectivity index is 2.34. The van der Waals surface area contributed by atoms with E-state index in [2.05, 4.69) is 15.9 Å². The summed E-state index contributed by atoms with van der Waals surface area (Å²) in [6.45, 7) is 1.59. The zero-order valence-electron chi connectivity index (χ0n) is 12.7. The fourth-order valence-electron chi connectivity index (χ4n) is 2.56. The minimum absolute atomic E-state index is 0.191. The second-order valence-electron chi connectivity index (χ2n) is 5.22. The predicted octanol–water partition coefficient (Wildman–Crippen LogP) is 1.83. The Labute approximate surface area is 139 Å². The highest BCUT2D eigenvalue weighted by Gasteiger charge is 2.31. The molecule has 1 aromatic rings. The molecule has 0 spiro atoms. The first-order chi connectivity index (χ1) is 10.4. The summed E-state index contributed by atoms with van der Waals surface area (Å²) in [5.41, 5.74) is 5.66. The number of piperidine rings is 1. The van der Waals surface area contributed by atoms with Gasteiger partial charge in [-0.25, -0.2) is 8.42 Å². The third-order valence-electron chi connectivity index (χ3n) is 3.96. The molecule has 0 aromatic heterocycles. The number of hydrogen-bond donors (Lipinski definition) is 1. The lowest BCUT2D eigenvalue weighted by Gasteiger charge is -2.30. The Kier molecular flexibility index (Phi) is 5.70. The highest BCUT2D eigenvalue weighted by molar-refractivity contribution is 9.10. The van der Waals surface area contributed by atoms with E-state index in [9.17, 15) is 8.42 Å². The topological polar surface area (TPSA) is 81.9 Å². The Hall–Kier alpha value is -0.830. The van der Waals surface area contributed by atoms with E-state index in [1.807, 2.05) is 0 Å². The van der Waals surface area contributed by atoms with Crippen molar-refractivity contribution in [1.29, 1.82) is 0 Å². The predicted molar refractivity (Wildman–Crippen MR) is 87.8 cm³/mol. The van der Waals surface area contributed by atoms with Crippen molar-refractivity contribution in [2.75, 3.05) is 33.9 Å². The van der Waals surface area contributed by atoms with Crippen molar-refractivity contribution in [2.24, 2.45) is 11.7 Å². The molecule has 22 heavy (non-hydrogen) atoms. The first kappa shape index (κ1) is 17.5. The third kappa shape index (κ3) is 3.40. The number of ether oxygens (including phenoxy) is 2. The molecule has 0 saturated carbocycles. The van der Waals surface area contributed by atoms with Crippen LogP contribution in [0.3, 0.4) is 0 Å². The molecule has 1 aliphatic heterocycles. The molecule has 1 fully saturated rings. The summed E-state index contributed by atoms with van der Waals surface area (Å²) >= 11 is 3.32. The number of sulfonamides is 1. The van der Waals surface area contributed by atoms with Gasteiger partial charge in [0.25, 0.3) is 0 Å². The van der Waals surface area contributed by atoms with Crippen LogP contribution in [0.15, 0.2) is 21.5 Å². The van der Waals surface area contributed by atoms with Crippen molar-refractivity contribution in [1.82, 2.24) is 4.31 Å². The first-order valence-electron chi connectivity index (χ1n) is 7.05. The summed E-state index contributed by atoms with van der Waals surface area (Å²) in [6, 6.07) is 3.10.